The number of rotatable bonds is 6. The number of fused-ring (bicyclic) bond motifs is 1. The topological polar surface area (TPSA) is 72.8 Å². The maximum atomic E-state index is 12.8. The first-order valence-electron chi connectivity index (χ1n) is 13.0. The van der Waals surface area contributed by atoms with E-state index in [2.05, 4.69) is 38.1 Å². The molecule has 0 aliphatic heterocycles. The van der Waals surface area contributed by atoms with Gasteiger partial charge in [-0.3, -0.25) is 9.59 Å². The van der Waals surface area contributed by atoms with Crippen molar-refractivity contribution in [3.8, 4) is 5.75 Å². The van der Waals surface area contributed by atoms with E-state index in [4.69, 9.17) is 9.47 Å². The molecule has 3 fully saturated rings. The molecule has 0 heterocycles. The van der Waals surface area contributed by atoms with E-state index in [1.807, 2.05) is 19.1 Å². The number of ketones is 1. The van der Waals surface area contributed by atoms with E-state index in [1.54, 1.807) is 0 Å². The molecule has 0 bridgehead atoms. The Morgan fingerprint density at radius 3 is 2.53 bits per heavy atom. The summed E-state index contributed by atoms with van der Waals surface area (Å²) in [7, 11) is 0. The number of benzene rings is 1. The molecule has 4 rings (SSSR count). The van der Waals surface area contributed by atoms with Crippen molar-refractivity contribution in [1.29, 1.82) is 0 Å². The number of Topliss-reactive ketones (excluding diaryl/α,β-unsaturated/α-hetero) is 1. The Bertz CT molecular complexity index is 921. The number of aliphatic hydroxyl groups is 1. The monoisotopic (exact) mass is 468 g/mol. The van der Waals surface area contributed by atoms with Gasteiger partial charge in [0.05, 0.1) is 12.7 Å². The van der Waals surface area contributed by atoms with Crippen LogP contribution in [0.2, 0.25) is 0 Å². The molecule has 1 aromatic rings. The molecule has 1 N–H and O–H groups in total. The van der Waals surface area contributed by atoms with Crippen LogP contribution in [-0.4, -0.2) is 35.7 Å². The van der Waals surface area contributed by atoms with Gasteiger partial charge < -0.3 is 14.6 Å². The number of carbonyl (C=O) groups is 2. The normalized spacial score (nSPS) is 38.0. The van der Waals surface area contributed by atoms with Gasteiger partial charge in [-0.2, -0.15) is 0 Å². The van der Waals surface area contributed by atoms with Crippen LogP contribution in [0.15, 0.2) is 30.3 Å². The Balaban J connectivity index is 1.62. The molecule has 0 radical (unpaired) electrons. The fraction of sp³-hybridized carbons (Fsp3) is 0.655. The highest BCUT2D eigenvalue weighted by Gasteiger charge is 2.59. The second-order valence-electron chi connectivity index (χ2n) is 11.1. The molecule has 3 aliphatic rings. The number of ether oxygens (including phenoxy) is 2. The minimum Gasteiger partial charge on any atom is -0.494 e. The van der Waals surface area contributed by atoms with Crippen LogP contribution < -0.4 is 4.74 Å². The molecule has 0 amide bonds. The van der Waals surface area contributed by atoms with Gasteiger partial charge in [0, 0.05) is 30.6 Å². The molecule has 3 saturated carbocycles. The number of allylic oxidation sites excluding steroid dienone is 1. The molecule has 0 spiro atoms. The van der Waals surface area contributed by atoms with Crippen LogP contribution in [0, 0.1) is 28.6 Å². The second-order valence-corrected chi connectivity index (χ2v) is 11.1. The SMILES string of the molecule is CCOc1ccc(C=C[C@H]2C[C@@H](O)CC[C@]2(C)C2CC[C@]3(C)C(=O)CCC3C2OC(C)=O)cc1. The summed E-state index contributed by atoms with van der Waals surface area (Å²) in [5, 5.41) is 10.6. The van der Waals surface area contributed by atoms with Crippen molar-refractivity contribution in [2.75, 3.05) is 6.61 Å². The Hall–Kier alpha value is -2.14. The van der Waals surface area contributed by atoms with Gasteiger partial charge in [0.2, 0.25) is 0 Å². The third-order valence-electron chi connectivity index (χ3n) is 9.16. The minimum absolute atomic E-state index is 0.0852. The van der Waals surface area contributed by atoms with Gasteiger partial charge in [-0.15, -0.1) is 0 Å². The zero-order valence-corrected chi connectivity index (χ0v) is 21.1. The fourth-order valence-corrected chi connectivity index (χ4v) is 7.08. The molecule has 0 saturated heterocycles. The van der Waals surface area contributed by atoms with E-state index in [-0.39, 0.29) is 46.8 Å². The van der Waals surface area contributed by atoms with Crippen LogP contribution in [0.25, 0.3) is 6.08 Å². The molecule has 34 heavy (non-hydrogen) atoms. The second kappa shape index (κ2) is 9.85. The predicted octanol–water partition coefficient (Wildman–Crippen LogP) is 5.59. The van der Waals surface area contributed by atoms with Gasteiger partial charge in [-0.25, -0.2) is 0 Å². The lowest BCUT2D eigenvalue weighted by Gasteiger charge is -2.55. The average molecular weight is 469 g/mol. The van der Waals surface area contributed by atoms with Crippen LogP contribution in [0.3, 0.4) is 0 Å². The summed E-state index contributed by atoms with van der Waals surface area (Å²) in [4.78, 5) is 24.9. The van der Waals surface area contributed by atoms with Gasteiger partial charge in [-0.05, 0) is 74.5 Å². The zero-order chi connectivity index (χ0) is 24.5. The van der Waals surface area contributed by atoms with E-state index in [0.29, 0.717) is 25.2 Å². The van der Waals surface area contributed by atoms with Gasteiger partial charge in [0.1, 0.15) is 17.6 Å². The van der Waals surface area contributed by atoms with Crippen LogP contribution in [0.4, 0.5) is 0 Å². The Kier molecular flexibility index (Phi) is 7.23. The lowest BCUT2D eigenvalue weighted by molar-refractivity contribution is -0.174. The summed E-state index contributed by atoms with van der Waals surface area (Å²) >= 11 is 0. The minimum atomic E-state index is -0.380. The maximum absolute atomic E-state index is 12.8. The predicted molar refractivity (Wildman–Crippen MR) is 132 cm³/mol. The summed E-state index contributed by atoms with van der Waals surface area (Å²) in [6.45, 7) is 8.49. The van der Waals surface area contributed by atoms with E-state index in [9.17, 15) is 14.7 Å². The third kappa shape index (κ3) is 4.68. The quantitative estimate of drug-likeness (QED) is 0.551. The molecular weight excluding hydrogens is 428 g/mol. The van der Waals surface area contributed by atoms with Crippen molar-refractivity contribution >= 4 is 17.8 Å². The standard InChI is InChI=1S/C29H40O5/c1-5-33-23-10-7-20(8-11-23)6-9-21-18-22(31)14-16-28(21,3)25-15-17-29(4)24(12-13-26(29)32)27(25)34-19(2)30/h6-11,21-22,24-25,27,31H,5,12-18H2,1-4H3/t21-,22-,24?,25?,27?,28-,29-/m0/s1. The first-order chi connectivity index (χ1) is 16.2. The number of hydrogen-bond donors (Lipinski definition) is 1. The summed E-state index contributed by atoms with van der Waals surface area (Å²) < 4.78 is 11.6. The molecule has 3 unspecified atom stereocenters. The van der Waals surface area contributed by atoms with Gasteiger partial charge in [0.15, 0.2) is 0 Å². The van der Waals surface area contributed by atoms with E-state index >= 15 is 0 Å². The molecule has 186 valence electrons. The van der Waals surface area contributed by atoms with Crippen LogP contribution in [0.5, 0.6) is 5.75 Å². The van der Waals surface area contributed by atoms with Gasteiger partial charge >= 0.3 is 5.97 Å². The van der Waals surface area contributed by atoms with Crippen molar-refractivity contribution in [3.63, 3.8) is 0 Å². The smallest absolute Gasteiger partial charge is 0.302 e. The number of esters is 1. The van der Waals surface area contributed by atoms with Crippen LogP contribution >= 0.6 is 0 Å². The Morgan fingerprint density at radius 1 is 1.12 bits per heavy atom. The molecule has 0 aromatic heterocycles. The number of aliphatic hydroxyl groups excluding tert-OH is 1. The summed E-state index contributed by atoms with van der Waals surface area (Å²) in [5.74, 6) is 1.33. The van der Waals surface area contributed by atoms with Gasteiger partial charge in [-0.1, -0.05) is 38.1 Å². The molecule has 5 heteroatoms. The maximum Gasteiger partial charge on any atom is 0.302 e. The first-order valence-corrected chi connectivity index (χ1v) is 13.0. The molecule has 5 nitrogen and oxygen atoms in total. The summed E-state index contributed by atoms with van der Waals surface area (Å²) in [6, 6.07) is 8.06. The van der Waals surface area contributed by atoms with Crippen molar-refractivity contribution in [2.45, 2.75) is 84.8 Å². The van der Waals surface area contributed by atoms with Crippen molar-refractivity contribution in [1.82, 2.24) is 0 Å². The molecule has 1 aromatic carbocycles. The third-order valence-corrected chi connectivity index (χ3v) is 9.16. The van der Waals surface area contributed by atoms with E-state index in [1.165, 1.54) is 6.92 Å². The largest absolute Gasteiger partial charge is 0.494 e. The van der Waals surface area contributed by atoms with E-state index < -0.39 is 0 Å². The average Bonchev–Trinajstić information content (AvgIpc) is 3.10. The highest BCUT2D eigenvalue weighted by Crippen LogP contribution is 2.60. The van der Waals surface area contributed by atoms with E-state index in [0.717, 1.165) is 43.4 Å². The molecule has 7 atom stereocenters. The summed E-state index contributed by atoms with van der Waals surface area (Å²) in [5.41, 5.74) is 0.600. The number of carbonyl (C=O) groups excluding carboxylic acids is 2. The van der Waals surface area contributed by atoms with Gasteiger partial charge in [0.25, 0.3) is 0 Å². The molecule has 3 aliphatic carbocycles. The highest BCUT2D eigenvalue weighted by molar-refractivity contribution is 5.87. The fourth-order valence-electron chi connectivity index (χ4n) is 7.08. The van der Waals surface area contributed by atoms with Crippen molar-refractivity contribution in [2.24, 2.45) is 28.6 Å². The lowest BCUT2D eigenvalue weighted by atomic mass is 9.52. The first kappa shape index (κ1) is 25.0. The zero-order valence-electron chi connectivity index (χ0n) is 21.1. The van der Waals surface area contributed by atoms with Crippen LogP contribution in [0.1, 0.15) is 78.2 Å². The highest BCUT2D eigenvalue weighted by atomic mass is 16.5. The number of hydrogen-bond acceptors (Lipinski definition) is 5. The molecular formula is C29H40O5. The van der Waals surface area contributed by atoms with Crippen molar-refractivity contribution in [3.05, 3.63) is 35.9 Å². The summed E-state index contributed by atoms with van der Waals surface area (Å²) in [6.07, 6.45) is 9.27. The Labute approximate surface area is 203 Å². The Morgan fingerprint density at radius 2 is 1.85 bits per heavy atom. The lowest BCUT2D eigenvalue weighted by Crippen LogP contribution is -2.54. The van der Waals surface area contributed by atoms with Crippen LogP contribution in [-0.2, 0) is 14.3 Å². The van der Waals surface area contributed by atoms with Crippen molar-refractivity contribution < 1.29 is 24.2 Å².